The van der Waals surface area contributed by atoms with Crippen molar-refractivity contribution in [3.05, 3.63) is 64.7 Å². The van der Waals surface area contributed by atoms with Crippen LogP contribution in [0, 0.1) is 6.92 Å². The zero-order valence-electron chi connectivity index (χ0n) is 15.3. The standard InChI is InChI=1S/C20H24ClN3O3/c1-15-12-17(21)8-9-18(15)27-11-5-10-22-20(26)24-14-19(25)23-13-16-6-3-2-4-7-16/h2-4,6-9,12H,5,10-11,13-14H2,1H3,(H,23,25)(H2,22,24,26). The van der Waals surface area contributed by atoms with Gasteiger partial charge in [0.1, 0.15) is 5.75 Å². The minimum atomic E-state index is -0.382. The Bertz CT molecular complexity index is 753. The van der Waals surface area contributed by atoms with E-state index in [9.17, 15) is 9.59 Å². The maximum Gasteiger partial charge on any atom is 0.315 e. The van der Waals surface area contributed by atoms with E-state index in [0.717, 1.165) is 16.9 Å². The molecule has 27 heavy (non-hydrogen) atoms. The Hall–Kier alpha value is -2.73. The lowest BCUT2D eigenvalue weighted by Gasteiger charge is -2.10. The quantitative estimate of drug-likeness (QED) is 0.577. The lowest BCUT2D eigenvalue weighted by atomic mass is 10.2. The molecule has 0 atom stereocenters. The Balaban J connectivity index is 1.53. The summed E-state index contributed by atoms with van der Waals surface area (Å²) >= 11 is 5.90. The average molecular weight is 390 g/mol. The van der Waals surface area contributed by atoms with Crippen molar-refractivity contribution in [1.29, 1.82) is 0 Å². The van der Waals surface area contributed by atoms with E-state index in [1.54, 1.807) is 6.07 Å². The fourth-order valence-electron chi connectivity index (χ4n) is 2.31. The number of ether oxygens (including phenoxy) is 1. The molecule has 0 saturated heterocycles. The van der Waals surface area contributed by atoms with Crippen LogP contribution in [-0.4, -0.2) is 31.6 Å². The number of nitrogens with one attached hydrogen (secondary N) is 3. The van der Waals surface area contributed by atoms with Gasteiger partial charge in [-0.2, -0.15) is 0 Å². The molecule has 0 heterocycles. The summed E-state index contributed by atoms with van der Waals surface area (Å²) < 4.78 is 5.65. The van der Waals surface area contributed by atoms with Crippen molar-refractivity contribution in [2.45, 2.75) is 19.9 Å². The molecule has 0 aliphatic rings. The van der Waals surface area contributed by atoms with E-state index in [2.05, 4.69) is 16.0 Å². The van der Waals surface area contributed by atoms with Crippen LogP contribution in [0.4, 0.5) is 4.79 Å². The number of hydrogen-bond donors (Lipinski definition) is 3. The van der Waals surface area contributed by atoms with E-state index >= 15 is 0 Å². The summed E-state index contributed by atoms with van der Waals surface area (Å²) in [7, 11) is 0. The second-order valence-electron chi connectivity index (χ2n) is 5.98. The predicted molar refractivity (Wildman–Crippen MR) is 106 cm³/mol. The summed E-state index contributed by atoms with van der Waals surface area (Å²) in [5, 5.41) is 8.64. The summed E-state index contributed by atoms with van der Waals surface area (Å²) in [5.74, 6) is 0.537. The molecular formula is C20H24ClN3O3. The normalized spacial score (nSPS) is 10.1. The molecule has 2 rings (SSSR count). The number of urea groups is 1. The molecule has 7 heteroatoms. The first-order valence-electron chi connectivity index (χ1n) is 8.76. The largest absolute Gasteiger partial charge is 0.493 e. The molecule has 3 amide bonds. The molecule has 0 spiro atoms. The second kappa shape index (κ2) is 11.1. The zero-order chi connectivity index (χ0) is 19.5. The maximum absolute atomic E-state index is 11.7. The Morgan fingerprint density at radius 2 is 1.81 bits per heavy atom. The van der Waals surface area contributed by atoms with Crippen LogP contribution in [0.5, 0.6) is 5.75 Å². The van der Waals surface area contributed by atoms with E-state index in [1.165, 1.54) is 0 Å². The van der Waals surface area contributed by atoms with Gasteiger partial charge in [0, 0.05) is 18.1 Å². The highest BCUT2D eigenvalue weighted by Crippen LogP contribution is 2.21. The predicted octanol–water partition coefficient (Wildman–Crippen LogP) is 3.03. The third-order valence-electron chi connectivity index (χ3n) is 3.74. The molecule has 0 aliphatic heterocycles. The van der Waals surface area contributed by atoms with Crippen molar-refractivity contribution in [3.63, 3.8) is 0 Å². The summed E-state index contributed by atoms with van der Waals surface area (Å²) in [6.07, 6.45) is 0.649. The molecule has 2 aromatic carbocycles. The lowest BCUT2D eigenvalue weighted by molar-refractivity contribution is -0.120. The van der Waals surface area contributed by atoms with E-state index in [4.69, 9.17) is 16.3 Å². The Labute approximate surface area is 164 Å². The summed E-state index contributed by atoms with van der Waals surface area (Å²) in [6, 6.07) is 14.6. The van der Waals surface area contributed by atoms with Crippen LogP contribution in [0.3, 0.4) is 0 Å². The van der Waals surface area contributed by atoms with Crippen molar-refractivity contribution in [1.82, 2.24) is 16.0 Å². The van der Waals surface area contributed by atoms with Gasteiger partial charge in [-0.3, -0.25) is 4.79 Å². The highest BCUT2D eigenvalue weighted by Gasteiger charge is 2.05. The third-order valence-corrected chi connectivity index (χ3v) is 3.98. The summed E-state index contributed by atoms with van der Waals surface area (Å²) in [5.41, 5.74) is 1.97. The molecule has 0 unspecified atom stereocenters. The Morgan fingerprint density at radius 3 is 2.56 bits per heavy atom. The van der Waals surface area contributed by atoms with Gasteiger partial charge in [0.05, 0.1) is 13.2 Å². The molecule has 0 fully saturated rings. The van der Waals surface area contributed by atoms with Crippen molar-refractivity contribution < 1.29 is 14.3 Å². The smallest absolute Gasteiger partial charge is 0.315 e. The van der Waals surface area contributed by atoms with Gasteiger partial charge in [-0.15, -0.1) is 0 Å². The number of amides is 3. The van der Waals surface area contributed by atoms with Crippen molar-refractivity contribution in [2.75, 3.05) is 19.7 Å². The SMILES string of the molecule is Cc1cc(Cl)ccc1OCCCNC(=O)NCC(=O)NCc1ccccc1. The van der Waals surface area contributed by atoms with E-state index in [1.807, 2.05) is 49.4 Å². The summed E-state index contributed by atoms with van der Waals surface area (Å²) in [6.45, 7) is 3.21. The van der Waals surface area contributed by atoms with Crippen LogP contribution < -0.4 is 20.7 Å². The molecule has 144 valence electrons. The Morgan fingerprint density at radius 1 is 1.04 bits per heavy atom. The van der Waals surface area contributed by atoms with Gasteiger partial charge in [0.15, 0.2) is 0 Å². The average Bonchev–Trinajstić information content (AvgIpc) is 2.66. The molecule has 0 bridgehead atoms. The maximum atomic E-state index is 11.7. The van der Waals surface area contributed by atoms with Gasteiger partial charge in [0.2, 0.25) is 5.91 Å². The van der Waals surface area contributed by atoms with E-state index < -0.39 is 0 Å². The molecular weight excluding hydrogens is 366 g/mol. The van der Waals surface area contributed by atoms with Crippen LogP contribution in [0.2, 0.25) is 5.02 Å². The van der Waals surface area contributed by atoms with Gasteiger partial charge < -0.3 is 20.7 Å². The van der Waals surface area contributed by atoms with Crippen LogP contribution in [0.25, 0.3) is 0 Å². The second-order valence-corrected chi connectivity index (χ2v) is 6.42. The molecule has 0 aromatic heterocycles. The number of rotatable bonds is 9. The van der Waals surface area contributed by atoms with Crippen molar-refractivity contribution in [3.8, 4) is 5.75 Å². The molecule has 0 radical (unpaired) electrons. The number of carbonyl (C=O) groups is 2. The number of benzene rings is 2. The zero-order valence-corrected chi connectivity index (χ0v) is 16.0. The monoisotopic (exact) mass is 389 g/mol. The minimum Gasteiger partial charge on any atom is -0.493 e. The van der Waals surface area contributed by atoms with Crippen LogP contribution in [0.1, 0.15) is 17.5 Å². The number of aryl methyl sites for hydroxylation is 1. The first kappa shape index (κ1) is 20.6. The highest BCUT2D eigenvalue weighted by molar-refractivity contribution is 6.30. The molecule has 0 aliphatic carbocycles. The first-order valence-corrected chi connectivity index (χ1v) is 9.13. The number of hydrogen-bond acceptors (Lipinski definition) is 3. The van der Waals surface area contributed by atoms with Crippen LogP contribution in [-0.2, 0) is 11.3 Å². The van der Waals surface area contributed by atoms with E-state index in [-0.39, 0.29) is 18.5 Å². The van der Waals surface area contributed by atoms with Crippen LogP contribution in [0.15, 0.2) is 48.5 Å². The Kier molecular flexibility index (Phi) is 8.45. The van der Waals surface area contributed by atoms with Gasteiger partial charge in [0.25, 0.3) is 0 Å². The minimum absolute atomic E-state index is 0.0703. The molecule has 6 nitrogen and oxygen atoms in total. The van der Waals surface area contributed by atoms with Crippen molar-refractivity contribution >= 4 is 23.5 Å². The fourth-order valence-corrected chi connectivity index (χ4v) is 2.54. The van der Waals surface area contributed by atoms with Crippen LogP contribution >= 0.6 is 11.6 Å². The topological polar surface area (TPSA) is 79.5 Å². The molecule has 3 N–H and O–H groups in total. The van der Waals surface area contributed by atoms with Gasteiger partial charge in [-0.05, 0) is 42.7 Å². The molecule has 2 aromatic rings. The summed E-state index contributed by atoms with van der Waals surface area (Å²) in [4.78, 5) is 23.4. The first-order chi connectivity index (χ1) is 13.0. The third kappa shape index (κ3) is 8.00. The number of carbonyl (C=O) groups excluding carboxylic acids is 2. The van der Waals surface area contributed by atoms with Gasteiger partial charge >= 0.3 is 6.03 Å². The lowest BCUT2D eigenvalue weighted by Crippen LogP contribution is -2.42. The van der Waals surface area contributed by atoms with E-state index in [0.29, 0.717) is 31.1 Å². The number of halogens is 1. The van der Waals surface area contributed by atoms with Gasteiger partial charge in [-0.1, -0.05) is 41.9 Å². The molecule has 0 saturated carbocycles. The van der Waals surface area contributed by atoms with Crippen molar-refractivity contribution in [2.24, 2.45) is 0 Å². The fraction of sp³-hybridized carbons (Fsp3) is 0.300. The highest BCUT2D eigenvalue weighted by atomic mass is 35.5. The van der Waals surface area contributed by atoms with Gasteiger partial charge in [-0.25, -0.2) is 4.79 Å².